The van der Waals surface area contributed by atoms with Gasteiger partial charge in [-0.25, -0.2) is 13.1 Å². The van der Waals surface area contributed by atoms with E-state index in [1.54, 1.807) is 13.0 Å². The zero-order valence-electron chi connectivity index (χ0n) is 12.8. The van der Waals surface area contributed by atoms with Gasteiger partial charge in [-0.1, -0.05) is 35.9 Å². The first kappa shape index (κ1) is 17.0. The molecule has 0 heterocycles. The molecule has 0 unspecified atom stereocenters. The minimum absolute atomic E-state index is 0.357. The predicted octanol–water partition coefficient (Wildman–Crippen LogP) is 3.87. The first-order valence-electron chi connectivity index (χ1n) is 7.20. The SMILES string of the molecule is Cc1ccc(C)c(S(=O)(=O)NCCCc2cccc(Cl)c2)c1. The molecule has 0 fully saturated rings. The van der Waals surface area contributed by atoms with Crippen LogP contribution >= 0.6 is 11.6 Å². The maximum absolute atomic E-state index is 12.3. The van der Waals surface area contributed by atoms with Crippen molar-refractivity contribution < 1.29 is 8.42 Å². The van der Waals surface area contributed by atoms with Gasteiger partial charge in [0.15, 0.2) is 0 Å². The average Bonchev–Trinajstić information content (AvgIpc) is 2.46. The average molecular weight is 338 g/mol. The zero-order valence-corrected chi connectivity index (χ0v) is 14.3. The lowest BCUT2D eigenvalue weighted by molar-refractivity contribution is 0.578. The molecular formula is C17H20ClNO2S. The van der Waals surface area contributed by atoms with Gasteiger partial charge in [0, 0.05) is 11.6 Å². The number of hydrogen-bond donors (Lipinski definition) is 1. The fourth-order valence-electron chi connectivity index (χ4n) is 2.27. The van der Waals surface area contributed by atoms with Gasteiger partial charge in [-0.3, -0.25) is 0 Å². The van der Waals surface area contributed by atoms with Crippen molar-refractivity contribution in [2.24, 2.45) is 0 Å². The smallest absolute Gasteiger partial charge is 0.211 e. The van der Waals surface area contributed by atoms with Gasteiger partial charge in [-0.2, -0.15) is 0 Å². The van der Waals surface area contributed by atoms with E-state index in [1.807, 2.05) is 43.3 Å². The van der Waals surface area contributed by atoms with Crippen LogP contribution in [0.5, 0.6) is 0 Å². The van der Waals surface area contributed by atoms with Gasteiger partial charge in [0.25, 0.3) is 0 Å². The Morgan fingerprint density at radius 2 is 1.86 bits per heavy atom. The van der Waals surface area contributed by atoms with E-state index in [4.69, 9.17) is 11.6 Å². The second kappa shape index (κ2) is 7.27. The second-order valence-electron chi connectivity index (χ2n) is 5.40. The fraction of sp³-hybridized carbons (Fsp3) is 0.294. The highest BCUT2D eigenvalue weighted by Gasteiger charge is 2.16. The van der Waals surface area contributed by atoms with Crippen LogP contribution in [-0.4, -0.2) is 15.0 Å². The number of benzene rings is 2. The Bertz CT molecular complexity index is 757. The van der Waals surface area contributed by atoms with E-state index >= 15 is 0 Å². The van der Waals surface area contributed by atoms with E-state index in [-0.39, 0.29) is 0 Å². The number of hydrogen-bond acceptors (Lipinski definition) is 2. The molecule has 0 aromatic heterocycles. The molecule has 0 radical (unpaired) electrons. The highest BCUT2D eigenvalue weighted by atomic mass is 35.5. The van der Waals surface area contributed by atoms with Crippen LogP contribution in [0, 0.1) is 13.8 Å². The van der Waals surface area contributed by atoms with Crippen molar-refractivity contribution in [3.8, 4) is 0 Å². The normalized spacial score (nSPS) is 11.6. The van der Waals surface area contributed by atoms with Gasteiger partial charge >= 0.3 is 0 Å². The molecule has 2 aromatic rings. The summed E-state index contributed by atoms with van der Waals surface area (Å²) in [5.74, 6) is 0. The highest BCUT2D eigenvalue weighted by molar-refractivity contribution is 7.89. The van der Waals surface area contributed by atoms with Gasteiger partial charge in [-0.05, 0) is 61.6 Å². The molecule has 0 aliphatic heterocycles. The molecule has 0 aliphatic rings. The molecule has 0 bridgehead atoms. The highest BCUT2D eigenvalue weighted by Crippen LogP contribution is 2.17. The van der Waals surface area contributed by atoms with Crippen molar-refractivity contribution in [3.05, 3.63) is 64.2 Å². The summed E-state index contributed by atoms with van der Waals surface area (Å²) in [5, 5.41) is 0.702. The molecule has 1 N–H and O–H groups in total. The summed E-state index contributed by atoms with van der Waals surface area (Å²) in [6.45, 7) is 4.10. The molecule has 0 aliphatic carbocycles. The van der Waals surface area contributed by atoms with Crippen LogP contribution in [0.4, 0.5) is 0 Å². The largest absolute Gasteiger partial charge is 0.240 e. The molecule has 0 saturated carbocycles. The second-order valence-corrected chi connectivity index (χ2v) is 7.57. The van der Waals surface area contributed by atoms with Crippen LogP contribution in [0.15, 0.2) is 47.4 Å². The third kappa shape index (κ3) is 4.57. The zero-order chi connectivity index (χ0) is 16.2. The van der Waals surface area contributed by atoms with Crippen LogP contribution in [-0.2, 0) is 16.4 Å². The summed E-state index contributed by atoms with van der Waals surface area (Å²) >= 11 is 5.93. The Labute approximate surface area is 137 Å². The standard InChI is InChI=1S/C17H20ClNO2S/c1-13-8-9-14(2)17(11-13)22(20,21)19-10-4-6-15-5-3-7-16(18)12-15/h3,5,7-9,11-12,19H,4,6,10H2,1-2H3. The molecule has 0 spiro atoms. The molecule has 5 heteroatoms. The van der Waals surface area contributed by atoms with Crippen LogP contribution in [0.3, 0.4) is 0 Å². The van der Waals surface area contributed by atoms with Crippen molar-refractivity contribution in [1.82, 2.24) is 4.72 Å². The number of nitrogens with one attached hydrogen (secondary N) is 1. The summed E-state index contributed by atoms with van der Waals surface area (Å²) < 4.78 is 27.3. The minimum Gasteiger partial charge on any atom is -0.211 e. The number of halogens is 1. The molecule has 0 amide bonds. The molecule has 2 rings (SSSR count). The van der Waals surface area contributed by atoms with E-state index in [9.17, 15) is 8.42 Å². The maximum atomic E-state index is 12.3. The predicted molar refractivity (Wildman–Crippen MR) is 90.9 cm³/mol. The van der Waals surface area contributed by atoms with Gasteiger partial charge in [-0.15, -0.1) is 0 Å². The van der Waals surface area contributed by atoms with Crippen molar-refractivity contribution in [1.29, 1.82) is 0 Å². The first-order chi connectivity index (χ1) is 10.4. The molecular weight excluding hydrogens is 318 g/mol. The topological polar surface area (TPSA) is 46.2 Å². The van der Waals surface area contributed by atoms with Gasteiger partial charge in [0.1, 0.15) is 0 Å². The maximum Gasteiger partial charge on any atom is 0.240 e. The Hall–Kier alpha value is -1.36. The summed E-state index contributed by atoms with van der Waals surface area (Å²) in [6.07, 6.45) is 1.51. The van der Waals surface area contributed by atoms with E-state index in [0.29, 0.717) is 16.5 Å². The third-order valence-corrected chi connectivity index (χ3v) is 5.29. The number of aryl methyl sites for hydroxylation is 3. The summed E-state index contributed by atoms with van der Waals surface area (Å²) in [6, 6.07) is 13.1. The van der Waals surface area contributed by atoms with Crippen LogP contribution in [0.1, 0.15) is 23.1 Å². The van der Waals surface area contributed by atoms with E-state index in [2.05, 4.69) is 4.72 Å². The Morgan fingerprint density at radius 3 is 2.59 bits per heavy atom. The van der Waals surface area contributed by atoms with E-state index in [1.165, 1.54) is 0 Å². The van der Waals surface area contributed by atoms with Crippen molar-refractivity contribution in [2.45, 2.75) is 31.6 Å². The van der Waals surface area contributed by atoms with Gasteiger partial charge in [0.2, 0.25) is 10.0 Å². The summed E-state index contributed by atoms with van der Waals surface area (Å²) in [7, 11) is -3.45. The summed E-state index contributed by atoms with van der Waals surface area (Å²) in [5.41, 5.74) is 2.80. The number of rotatable bonds is 6. The monoisotopic (exact) mass is 337 g/mol. The molecule has 3 nitrogen and oxygen atoms in total. The molecule has 22 heavy (non-hydrogen) atoms. The Morgan fingerprint density at radius 1 is 1.09 bits per heavy atom. The van der Waals surface area contributed by atoms with Crippen LogP contribution in [0.2, 0.25) is 5.02 Å². The van der Waals surface area contributed by atoms with Crippen molar-refractivity contribution in [2.75, 3.05) is 6.54 Å². The Kier molecular flexibility index (Phi) is 5.62. The van der Waals surface area contributed by atoms with Crippen LogP contribution < -0.4 is 4.72 Å². The molecule has 118 valence electrons. The minimum atomic E-state index is -3.45. The fourth-order valence-corrected chi connectivity index (χ4v) is 3.88. The lowest BCUT2D eigenvalue weighted by Gasteiger charge is -2.10. The van der Waals surface area contributed by atoms with E-state index < -0.39 is 10.0 Å². The lowest BCUT2D eigenvalue weighted by Crippen LogP contribution is -2.25. The Balaban J connectivity index is 1.94. The quantitative estimate of drug-likeness (QED) is 0.813. The first-order valence-corrected chi connectivity index (χ1v) is 9.06. The lowest BCUT2D eigenvalue weighted by atomic mass is 10.1. The van der Waals surface area contributed by atoms with Gasteiger partial charge < -0.3 is 0 Å². The molecule has 0 atom stereocenters. The number of sulfonamides is 1. The van der Waals surface area contributed by atoms with Crippen molar-refractivity contribution >= 4 is 21.6 Å². The molecule has 2 aromatic carbocycles. The van der Waals surface area contributed by atoms with E-state index in [0.717, 1.165) is 29.5 Å². The third-order valence-electron chi connectivity index (χ3n) is 3.46. The molecule has 0 saturated heterocycles. The van der Waals surface area contributed by atoms with Crippen molar-refractivity contribution in [3.63, 3.8) is 0 Å². The summed E-state index contributed by atoms with van der Waals surface area (Å²) in [4.78, 5) is 0.357. The van der Waals surface area contributed by atoms with Gasteiger partial charge in [0.05, 0.1) is 4.90 Å². The van der Waals surface area contributed by atoms with Crippen LogP contribution in [0.25, 0.3) is 0 Å².